The molecule has 10 nitrogen and oxygen atoms in total. The summed E-state index contributed by atoms with van der Waals surface area (Å²) in [7, 11) is 0. The number of benzene rings is 1. The Labute approximate surface area is 188 Å². The molecule has 0 aliphatic carbocycles. The van der Waals surface area contributed by atoms with Gasteiger partial charge in [0.15, 0.2) is 0 Å². The molecule has 1 aromatic heterocycles. The van der Waals surface area contributed by atoms with Crippen LogP contribution < -0.4 is 20.9 Å². The standard InChI is InChI=1S/C21H22N6O4S/c28-18(14-4-2-1-3-5-14)22-6-7-23-20-24-15(12-16-19(29)26-21(30)32-16)13-17(25-20)27-8-10-31-11-9-27/h1-5,12-13H,6-11H2,(H,22,28)(H,23,24,25)(H,26,29,30)/b16-12+. The second kappa shape index (κ2) is 10.2. The molecule has 0 spiro atoms. The van der Waals surface area contributed by atoms with E-state index in [2.05, 4.69) is 30.8 Å². The third-order valence-corrected chi connectivity index (χ3v) is 5.53. The quantitative estimate of drug-likeness (QED) is 0.421. The van der Waals surface area contributed by atoms with E-state index in [1.165, 1.54) is 0 Å². The molecule has 0 saturated carbocycles. The molecule has 2 saturated heterocycles. The fraction of sp³-hybridized carbons (Fsp3) is 0.286. The second-order valence-corrected chi connectivity index (χ2v) is 7.99. The molecule has 166 valence electrons. The van der Waals surface area contributed by atoms with E-state index in [4.69, 9.17) is 4.74 Å². The highest BCUT2D eigenvalue weighted by Crippen LogP contribution is 2.26. The lowest BCUT2D eigenvalue weighted by atomic mass is 10.2. The predicted octanol–water partition coefficient (Wildman–Crippen LogP) is 1.48. The number of imide groups is 1. The first-order chi connectivity index (χ1) is 15.6. The van der Waals surface area contributed by atoms with Gasteiger partial charge < -0.3 is 20.3 Å². The monoisotopic (exact) mass is 454 g/mol. The Morgan fingerprint density at radius 1 is 1.16 bits per heavy atom. The highest BCUT2D eigenvalue weighted by atomic mass is 32.2. The average Bonchev–Trinajstić information content (AvgIpc) is 3.14. The number of ether oxygens (including phenoxy) is 1. The molecule has 3 heterocycles. The molecule has 0 bridgehead atoms. The first-order valence-electron chi connectivity index (χ1n) is 10.1. The van der Waals surface area contributed by atoms with E-state index in [9.17, 15) is 14.4 Å². The van der Waals surface area contributed by atoms with Gasteiger partial charge in [0.25, 0.3) is 17.1 Å². The minimum Gasteiger partial charge on any atom is -0.378 e. The van der Waals surface area contributed by atoms with Crippen LogP contribution in [0.1, 0.15) is 16.1 Å². The number of hydrogen-bond donors (Lipinski definition) is 3. The molecule has 3 amide bonds. The zero-order chi connectivity index (χ0) is 22.3. The molecular formula is C21H22N6O4S. The van der Waals surface area contributed by atoms with Gasteiger partial charge in [-0.3, -0.25) is 19.7 Å². The SMILES string of the molecule is O=C1NC(=O)/C(=C\c2cc(N3CCOCC3)nc(NCCNC(=O)c3ccccc3)n2)S1. The van der Waals surface area contributed by atoms with Crippen LogP contribution in [0.25, 0.3) is 6.08 Å². The van der Waals surface area contributed by atoms with E-state index in [0.717, 1.165) is 11.8 Å². The van der Waals surface area contributed by atoms with Gasteiger partial charge in [-0.25, -0.2) is 4.98 Å². The number of rotatable bonds is 7. The van der Waals surface area contributed by atoms with Crippen molar-refractivity contribution in [2.45, 2.75) is 0 Å². The first kappa shape index (κ1) is 21.8. The van der Waals surface area contributed by atoms with Gasteiger partial charge >= 0.3 is 0 Å². The maximum absolute atomic E-state index is 12.2. The van der Waals surface area contributed by atoms with Gasteiger partial charge in [-0.2, -0.15) is 4.98 Å². The average molecular weight is 455 g/mol. The van der Waals surface area contributed by atoms with Crippen LogP contribution in [0.3, 0.4) is 0 Å². The maximum atomic E-state index is 12.2. The van der Waals surface area contributed by atoms with Gasteiger partial charge in [-0.05, 0) is 30.0 Å². The van der Waals surface area contributed by atoms with Crippen molar-refractivity contribution in [1.82, 2.24) is 20.6 Å². The van der Waals surface area contributed by atoms with Crippen LogP contribution in [0.2, 0.25) is 0 Å². The van der Waals surface area contributed by atoms with Crippen LogP contribution in [-0.4, -0.2) is 66.4 Å². The van der Waals surface area contributed by atoms with Crippen molar-refractivity contribution >= 4 is 46.7 Å². The predicted molar refractivity (Wildman–Crippen MR) is 121 cm³/mol. The summed E-state index contributed by atoms with van der Waals surface area (Å²) in [4.78, 5) is 46.9. The minimum absolute atomic E-state index is 0.158. The number of carbonyl (C=O) groups is 3. The topological polar surface area (TPSA) is 126 Å². The lowest BCUT2D eigenvalue weighted by molar-refractivity contribution is -0.115. The molecule has 0 radical (unpaired) electrons. The highest BCUT2D eigenvalue weighted by molar-refractivity contribution is 8.18. The molecule has 4 rings (SSSR count). The Hall–Kier alpha value is -3.44. The molecule has 2 fully saturated rings. The van der Waals surface area contributed by atoms with Crippen molar-refractivity contribution < 1.29 is 19.1 Å². The van der Waals surface area contributed by atoms with Gasteiger partial charge in [0.1, 0.15) is 5.82 Å². The summed E-state index contributed by atoms with van der Waals surface area (Å²) in [5.41, 5.74) is 1.10. The molecule has 1 aromatic carbocycles. The molecule has 11 heteroatoms. The van der Waals surface area contributed by atoms with Crippen molar-refractivity contribution in [3.8, 4) is 0 Å². The number of hydrogen-bond acceptors (Lipinski definition) is 9. The fourth-order valence-corrected chi connectivity index (χ4v) is 3.82. The second-order valence-electron chi connectivity index (χ2n) is 6.97. The third-order valence-electron chi connectivity index (χ3n) is 4.72. The fourth-order valence-electron chi connectivity index (χ4n) is 3.16. The van der Waals surface area contributed by atoms with Crippen molar-refractivity contribution in [1.29, 1.82) is 0 Å². The smallest absolute Gasteiger partial charge is 0.290 e. The normalized spacial score (nSPS) is 17.4. The number of thioether (sulfide) groups is 1. The van der Waals surface area contributed by atoms with Gasteiger partial charge in [0, 0.05) is 37.8 Å². The van der Waals surface area contributed by atoms with Crippen LogP contribution in [0.15, 0.2) is 41.3 Å². The van der Waals surface area contributed by atoms with Gasteiger partial charge in [0.05, 0.1) is 23.8 Å². The number of amides is 3. The van der Waals surface area contributed by atoms with Crippen molar-refractivity contribution in [3.63, 3.8) is 0 Å². The lowest BCUT2D eigenvalue weighted by Gasteiger charge is -2.28. The summed E-state index contributed by atoms with van der Waals surface area (Å²) in [6, 6.07) is 10.7. The molecule has 3 N–H and O–H groups in total. The van der Waals surface area contributed by atoms with Gasteiger partial charge in [0.2, 0.25) is 5.95 Å². The number of nitrogens with zero attached hydrogens (tertiary/aromatic N) is 3. The first-order valence-corrected chi connectivity index (χ1v) is 10.9. The minimum atomic E-state index is -0.440. The summed E-state index contributed by atoms with van der Waals surface area (Å²) in [6.07, 6.45) is 1.57. The van der Waals surface area contributed by atoms with E-state index in [-0.39, 0.29) is 10.8 Å². The van der Waals surface area contributed by atoms with Crippen molar-refractivity contribution in [2.75, 3.05) is 49.6 Å². The van der Waals surface area contributed by atoms with E-state index in [1.807, 2.05) is 18.2 Å². The molecule has 2 aliphatic rings. The van der Waals surface area contributed by atoms with Crippen LogP contribution in [0.5, 0.6) is 0 Å². The van der Waals surface area contributed by atoms with Crippen molar-refractivity contribution in [3.05, 3.63) is 52.6 Å². The van der Waals surface area contributed by atoms with E-state index >= 15 is 0 Å². The Kier molecular flexibility index (Phi) is 6.97. The van der Waals surface area contributed by atoms with Crippen LogP contribution in [-0.2, 0) is 9.53 Å². The molecule has 32 heavy (non-hydrogen) atoms. The molecular weight excluding hydrogens is 432 g/mol. The maximum Gasteiger partial charge on any atom is 0.290 e. The van der Waals surface area contributed by atoms with Gasteiger partial charge in [-0.15, -0.1) is 0 Å². The number of carbonyl (C=O) groups excluding carboxylic acids is 3. The van der Waals surface area contributed by atoms with Crippen molar-refractivity contribution in [2.24, 2.45) is 0 Å². The highest BCUT2D eigenvalue weighted by Gasteiger charge is 2.25. The van der Waals surface area contributed by atoms with E-state index in [1.54, 1.807) is 24.3 Å². The summed E-state index contributed by atoms with van der Waals surface area (Å²) >= 11 is 0.838. The zero-order valence-electron chi connectivity index (χ0n) is 17.2. The number of aromatic nitrogens is 2. The summed E-state index contributed by atoms with van der Waals surface area (Å²) in [5.74, 6) is 0.463. The van der Waals surface area contributed by atoms with Gasteiger partial charge in [-0.1, -0.05) is 18.2 Å². The molecule has 0 unspecified atom stereocenters. The third kappa shape index (κ3) is 5.62. The Morgan fingerprint density at radius 3 is 2.66 bits per heavy atom. The number of nitrogens with one attached hydrogen (secondary N) is 3. The zero-order valence-corrected chi connectivity index (χ0v) is 18.0. The molecule has 2 aromatic rings. The Morgan fingerprint density at radius 2 is 1.94 bits per heavy atom. The number of anilines is 2. The molecule has 2 aliphatic heterocycles. The Balaban J connectivity index is 1.45. The largest absolute Gasteiger partial charge is 0.378 e. The summed E-state index contributed by atoms with van der Waals surface area (Å²) in [6.45, 7) is 3.36. The van der Waals surface area contributed by atoms with E-state index in [0.29, 0.717) is 62.4 Å². The van der Waals surface area contributed by atoms with Crippen LogP contribution in [0, 0.1) is 0 Å². The summed E-state index contributed by atoms with van der Waals surface area (Å²) < 4.78 is 5.41. The molecule has 0 atom stereocenters. The van der Waals surface area contributed by atoms with Crippen LogP contribution >= 0.6 is 11.8 Å². The van der Waals surface area contributed by atoms with E-state index < -0.39 is 11.1 Å². The Bertz CT molecular complexity index is 1040. The number of morpholine rings is 1. The van der Waals surface area contributed by atoms with Crippen LogP contribution in [0.4, 0.5) is 16.6 Å². The lowest BCUT2D eigenvalue weighted by Crippen LogP contribution is -2.37. The summed E-state index contributed by atoms with van der Waals surface area (Å²) in [5, 5.41) is 7.79.